The van der Waals surface area contributed by atoms with Crippen LogP contribution in [0.2, 0.25) is 0 Å². The molecule has 0 aromatic carbocycles. The van der Waals surface area contributed by atoms with Crippen LogP contribution < -0.4 is 0 Å². The Hall–Kier alpha value is 0.370. The van der Waals surface area contributed by atoms with Gasteiger partial charge in [0.25, 0.3) is 0 Å². The zero-order chi connectivity index (χ0) is 13.1. The number of ketones is 1. The Morgan fingerprint density at radius 1 is 0.812 bits per heavy atom. The van der Waals surface area contributed by atoms with Crippen molar-refractivity contribution >= 4 is 27.6 Å². The van der Waals surface area contributed by atoms with Gasteiger partial charge >= 0.3 is 0 Å². The van der Waals surface area contributed by atoms with E-state index in [1.165, 1.54) is 0 Å². The first-order chi connectivity index (χ1) is 6.94. The molecule has 96 valence electrons. The second kappa shape index (κ2) is 5.81. The van der Waals surface area contributed by atoms with E-state index in [0.717, 1.165) is 11.5 Å². The Kier molecular flexibility index (Phi) is 5.95. The van der Waals surface area contributed by atoms with Crippen LogP contribution in [0.15, 0.2) is 0 Å². The molecule has 0 aliphatic rings. The predicted octanol–water partition coefficient (Wildman–Crippen LogP) is 2.65. The highest BCUT2D eigenvalue weighted by Gasteiger charge is 2.36. The summed E-state index contributed by atoms with van der Waals surface area (Å²) in [5.41, 5.74) is 0. The topological polar surface area (TPSA) is 17.1 Å². The fourth-order valence-electron chi connectivity index (χ4n) is 0.958. The largest absolute Gasteiger partial charge is 0.289 e. The molecule has 0 spiro atoms. The van der Waals surface area contributed by atoms with Gasteiger partial charge in [-0.15, -0.1) is 0 Å². The smallest absolute Gasteiger partial charge is 0.230 e. The van der Waals surface area contributed by atoms with Crippen molar-refractivity contribution < 1.29 is 4.79 Å². The molecule has 0 bridgehead atoms. The standard InChI is InChI=1S/C13H28OS2/c1-12(2,3)15(7)9-11(14)10-16(8)13(4,5)6/h9-10H2,1-8H3/q+2. The van der Waals surface area contributed by atoms with E-state index in [4.69, 9.17) is 0 Å². The van der Waals surface area contributed by atoms with E-state index >= 15 is 0 Å². The fourth-order valence-corrected chi connectivity index (χ4v) is 3.12. The lowest BCUT2D eigenvalue weighted by molar-refractivity contribution is -0.114. The van der Waals surface area contributed by atoms with Crippen LogP contribution in [-0.4, -0.2) is 39.3 Å². The molecule has 0 radical (unpaired) electrons. The number of Topliss-reactive ketones (excluding diaryl/α,β-unsaturated/α-hetero) is 1. The van der Waals surface area contributed by atoms with Gasteiger partial charge in [0.1, 0.15) is 9.49 Å². The molecule has 3 heteroatoms. The van der Waals surface area contributed by atoms with E-state index in [9.17, 15) is 4.79 Å². The zero-order valence-corrected chi connectivity index (χ0v) is 13.8. The van der Waals surface area contributed by atoms with Gasteiger partial charge < -0.3 is 0 Å². The maximum Gasteiger partial charge on any atom is 0.230 e. The maximum absolute atomic E-state index is 12.0. The average Bonchev–Trinajstić information content (AvgIpc) is 1.99. The zero-order valence-electron chi connectivity index (χ0n) is 12.1. The Bertz CT molecular complexity index is 211. The van der Waals surface area contributed by atoms with E-state index in [2.05, 4.69) is 54.1 Å². The summed E-state index contributed by atoms with van der Waals surface area (Å²) in [5.74, 6) is 1.97. The summed E-state index contributed by atoms with van der Waals surface area (Å²) in [7, 11) is 0.389. The Morgan fingerprint density at radius 2 is 1.06 bits per heavy atom. The molecule has 0 N–H and O–H groups in total. The lowest BCUT2D eigenvalue weighted by atomic mass is 10.3. The summed E-state index contributed by atoms with van der Waals surface area (Å²) in [5, 5.41) is 0. The van der Waals surface area contributed by atoms with E-state index < -0.39 is 0 Å². The number of hydrogen-bond acceptors (Lipinski definition) is 1. The number of carbonyl (C=O) groups is 1. The van der Waals surface area contributed by atoms with E-state index in [1.54, 1.807) is 0 Å². The van der Waals surface area contributed by atoms with Crippen molar-refractivity contribution in [3.05, 3.63) is 0 Å². The van der Waals surface area contributed by atoms with Crippen molar-refractivity contribution in [2.75, 3.05) is 24.0 Å². The van der Waals surface area contributed by atoms with Crippen molar-refractivity contribution in [1.82, 2.24) is 0 Å². The number of carbonyl (C=O) groups excluding carboxylic acids is 1. The van der Waals surface area contributed by atoms with Crippen molar-refractivity contribution in [3.63, 3.8) is 0 Å². The molecule has 0 amide bonds. The first-order valence-electron chi connectivity index (χ1n) is 5.71. The molecule has 2 unspecified atom stereocenters. The van der Waals surface area contributed by atoms with Crippen LogP contribution in [-0.2, 0) is 26.6 Å². The highest BCUT2D eigenvalue weighted by atomic mass is 32.2. The molecule has 1 nitrogen and oxygen atoms in total. The maximum atomic E-state index is 12.0. The molecule has 16 heavy (non-hydrogen) atoms. The predicted molar refractivity (Wildman–Crippen MR) is 80.8 cm³/mol. The highest BCUT2D eigenvalue weighted by molar-refractivity contribution is 7.99. The van der Waals surface area contributed by atoms with Gasteiger partial charge in [0, 0.05) is 0 Å². The molecule has 0 aromatic rings. The van der Waals surface area contributed by atoms with E-state index in [1.807, 2.05) is 0 Å². The van der Waals surface area contributed by atoms with Gasteiger partial charge in [-0.2, -0.15) is 0 Å². The molecule has 0 heterocycles. The third kappa shape index (κ3) is 6.19. The molecule has 0 aromatic heterocycles. The Labute approximate surface area is 107 Å². The molecule has 2 atom stereocenters. The molecule has 0 aliphatic carbocycles. The number of hydrogen-bond donors (Lipinski definition) is 0. The quantitative estimate of drug-likeness (QED) is 0.714. The third-order valence-corrected chi connectivity index (χ3v) is 8.54. The third-order valence-electron chi connectivity index (χ3n) is 2.85. The summed E-state index contributed by atoms with van der Waals surface area (Å²) in [6.07, 6.45) is 4.42. The van der Waals surface area contributed by atoms with Crippen molar-refractivity contribution in [1.29, 1.82) is 0 Å². The SMILES string of the molecule is C[S+](CC(=O)C[S+](C)C(C)(C)C)C(C)(C)C. The second-order valence-electron chi connectivity index (χ2n) is 6.33. The van der Waals surface area contributed by atoms with E-state index in [0.29, 0.717) is 5.78 Å². The van der Waals surface area contributed by atoms with Crippen LogP contribution in [0.5, 0.6) is 0 Å². The average molecular weight is 264 g/mol. The van der Waals surface area contributed by atoms with Gasteiger partial charge in [-0.05, 0) is 63.3 Å². The van der Waals surface area contributed by atoms with Crippen molar-refractivity contribution in [2.24, 2.45) is 0 Å². The first kappa shape index (κ1) is 16.4. The lowest BCUT2D eigenvalue weighted by Gasteiger charge is -2.19. The van der Waals surface area contributed by atoms with Crippen LogP contribution in [0.3, 0.4) is 0 Å². The summed E-state index contributed by atoms with van der Waals surface area (Å²) in [6.45, 7) is 13.3. The van der Waals surface area contributed by atoms with Crippen molar-refractivity contribution in [3.8, 4) is 0 Å². The van der Waals surface area contributed by atoms with Gasteiger partial charge in [0.15, 0.2) is 11.5 Å². The van der Waals surface area contributed by atoms with Gasteiger partial charge in [0.2, 0.25) is 5.78 Å². The molecule has 0 fully saturated rings. The van der Waals surface area contributed by atoms with Gasteiger partial charge in [0.05, 0.1) is 12.5 Å². The summed E-state index contributed by atoms with van der Waals surface area (Å²) < 4.78 is 0.535. The van der Waals surface area contributed by atoms with Crippen LogP contribution in [0.4, 0.5) is 0 Å². The second-order valence-corrected chi connectivity index (χ2v) is 11.9. The normalized spacial score (nSPS) is 17.0. The van der Waals surface area contributed by atoms with Crippen LogP contribution >= 0.6 is 0 Å². The molecular formula is C13H28OS2+2. The lowest BCUT2D eigenvalue weighted by Crippen LogP contribution is -2.38. The minimum absolute atomic E-state index is 0.194. The number of rotatable bonds is 4. The van der Waals surface area contributed by atoms with E-state index in [-0.39, 0.29) is 31.3 Å². The van der Waals surface area contributed by atoms with Crippen LogP contribution in [0.25, 0.3) is 0 Å². The summed E-state index contributed by atoms with van der Waals surface area (Å²) in [4.78, 5) is 12.0. The summed E-state index contributed by atoms with van der Waals surface area (Å²) in [6, 6.07) is 0. The minimum Gasteiger partial charge on any atom is -0.289 e. The van der Waals surface area contributed by atoms with Crippen LogP contribution in [0, 0.1) is 0 Å². The van der Waals surface area contributed by atoms with Gasteiger partial charge in [-0.25, -0.2) is 0 Å². The molecule has 0 saturated carbocycles. The van der Waals surface area contributed by atoms with Gasteiger partial charge in [-0.1, -0.05) is 0 Å². The Balaban J connectivity index is 4.21. The summed E-state index contributed by atoms with van der Waals surface area (Å²) >= 11 is 0. The Morgan fingerprint density at radius 3 is 1.25 bits per heavy atom. The fraction of sp³-hybridized carbons (Fsp3) is 0.923. The molecule has 0 rings (SSSR count). The molecule has 0 aliphatic heterocycles. The molecule has 0 saturated heterocycles. The monoisotopic (exact) mass is 264 g/mol. The highest BCUT2D eigenvalue weighted by Crippen LogP contribution is 2.19. The molecular weight excluding hydrogens is 236 g/mol. The minimum atomic E-state index is 0.194. The van der Waals surface area contributed by atoms with Gasteiger partial charge in [-0.3, -0.25) is 4.79 Å². The van der Waals surface area contributed by atoms with Crippen molar-refractivity contribution in [2.45, 2.75) is 51.0 Å². The van der Waals surface area contributed by atoms with Crippen LogP contribution in [0.1, 0.15) is 41.5 Å². The first-order valence-corrected chi connectivity index (χ1v) is 9.32.